The highest BCUT2D eigenvalue weighted by atomic mass is 32.2. The van der Waals surface area contributed by atoms with E-state index in [0.29, 0.717) is 11.5 Å². The maximum absolute atomic E-state index is 13.2. The van der Waals surface area contributed by atoms with E-state index in [1.807, 2.05) is 50.2 Å². The molecule has 0 N–H and O–H groups in total. The number of aromatic nitrogens is 2. The highest BCUT2D eigenvalue weighted by Crippen LogP contribution is 2.33. The van der Waals surface area contributed by atoms with Crippen molar-refractivity contribution in [3.05, 3.63) is 77.0 Å². The van der Waals surface area contributed by atoms with Crippen molar-refractivity contribution >= 4 is 11.8 Å². The number of nitrogens with zero attached hydrogens (tertiary/aromatic N) is 2. The first-order valence-corrected chi connectivity index (χ1v) is 9.18. The van der Waals surface area contributed by atoms with Crippen LogP contribution in [-0.4, -0.2) is 9.97 Å². The van der Waals surface area contributed by atoms with Crippen LogP contribution in [0.5, 0.6) is 11.6 Å². The van der Waals surface area contributed by atoms with Gasteiger partial charge in [0.2, 0.25) is 5.88 Å². The van der Waals surface area contributed by atoms with E-state index < -0.39 is 11.9 Å². The summed E-state index contributed by atoms with van der Waals surface area (Å²) in [6, 6.07) is 15.7. The fraction of sp³-hybridized carbons (Fsp3) is 0.200. The number of rotatable bonds is 5. The third-order valence-electron chi connectivity index (χ3n) is 3.73. The van der Waals surface area contributed by atoms with E-state index >= 15 is 0 Å². The summed E-state index contributed by atoms with van der Waals surface area (Å²) >= 11 is 1.14. The molecule has 1 aromatic heterocycles. The third kappa shape index (κ3) is 5.23. The number of aryl methyl sites for hydroxylation is 2. The zero-order chi connectivity index (χ0) is 19.4. The second kappa shape index (κ2) is 8.00. The standard InChI is InChI=1S/C20H17F3N2OS/c1-13-6-5-8-15(10-13)12-27-19-24-17(20(21,22)23)11-18(25-19)26-16-9-4-3-7-14(16)2/h3-11H,12H2,1-2H3. The molecule has 140 valence electrons. The molecule has 0 fully saturated rings. The summed E-state index contributed by atoms with van der Waals surface area (Å²) in [6.45, 7) is 3.78. The van der Waals surface area contributed by atoms with Crippen LogP contribution in [0.4, 0.5) is 13.2 Å². The van der Waals surface area contributed by atoms with Crippen molar-refractivity contribution in [2.24, 2.45) is 0 Å². The summed E-state index contributed by atoms with van der Waals surface area (Å²) in [5.74, 6) is 0.796. The van der Waals surface area contributed by atoms with Crippen LogP contribution < -0.4 is 4.74 Å². The van der Waals surface area contributed by atoms with Gasteiger partial charge in [-0.05, 0) is 31.0 Å². The van der Waals surface area contributed by atoms with Gasteiger partial charge in [-0.1, -0.05) is 59.8 Å². The molecule has 3 aromatic rings. The van der Waals surface area contributed by atoms with Crippen LogP contribution in [0.15, 0.2) is 59.8 Å². The largest absolute Gasteiger partial charge is 0.439 e. The fourth-order valence-electron chi connectivity index (χ4n) is 2.40. The average Bonchev–Trinajstić information content (AvgIpc) is 2.61. The van der Waals surface area contributed by atoms with E-state index in [0.717, 1.165) is 34.5 Å². The summed E-state index contributed by atoms with van der Waals surface area (Å²) < 4.78 is 45.3. The molecule has 0 aliphatic heterocycles. The van der Waals surface area contributed by atoms with Gasteiger partial charge in [0.15, 0.2) is 10.9 Å². The van der Waals surface area contributed by atoms with E-state index in [4.69, 9.17) is 4.74 Å². The molecule has 3 rings (SSSR count). The topological polar surface area (TPSA) is 35.0 Å². The predicted molar refractivity (Wildman–Crippen MR) is 99.0 cm³/mol. The van der Waals surface area contributed by atoms with E-state index in [9.17, 15) is 13.2 Å². The van der Waals surface area contributed by atoms with E-state index in [1.54, 1.807) is 12.1 Å². The molecule has 0 saturated carbocycles. The molecule has 0 aliphatic carbocycles. The zero-order valence-corrected chi connectivity index (χ0v) is 15.6. The normalized spacial score (nSPS) is 11.4. The highest BCUT2D eigenvalue weighted by Gasteiger charge is 2.34. The highest BCUT2D eigenvalue weighted by molar-refractivity contribution is 7.98. The van der Waals surface area contributed by atoms with E-state index in [-0.39, 0.29) is 11.0 Å². The van der Waals surface area contributed by atoms with Gasteiger partial charge in [0.05, 0.1) is 0 Å². The lowest BCUT2D eigenvalue weighted by atomic mass is 10.2. The molecule has 0 aliphatic rings. The SMILES string of the molecule is Cc1cccc(CSc2nc(Oc3ccccc3C)cc(C(F)(F)F)n2)c1. The van der Waals surface area contributed by atoms with Crippen molar-refractivity contribution in [3.8, 4) is 11.6 Å². The third-order valence-corrected chi connectivity index (χ3v) is 4.65. The predicted octanol–water partition coefficient (Wildman–Crippen LogP) is 6.20. The lowest BCUT2D eigenvalue weighted by Crippen LogP contribution is -2.10. The molecule has 0 atom stereocenters. The fourth-order valence-corrected chi connectivity index (χ4v) is 3.19. The molecular formula is C20H17F3N2OS. The minimum absolute atomic E-state index is 0.0231. The number of hydrogen-bond acceptors (Lipinski definition) is 4. The Balaban J connectivity index is 1.87. The van der Waals surface area contributed by atoms with Crippen molar-refractivity contribution < 1.29 is 17.9 Å². The Hall–Kier alpha value is -2.54. The Morgan fingerprint density at radius 1 is 0.963 bits per heavy atom. The van der Waals surface area contributed by atoms with Gasteiger partial charge in [-0.2, -0.15) is 18.2 Å². The smallest absolute Gasteiger partial charge is 0.433 e. The van der Waals surface area contributed by atoms with Crippen LogP contribution in [0.1, 0.15) is 22.4 Å². The number of thioether (sulfide) groups is 1. The first-order chi connectivity index (χ1) is 12.8. The average molecular weight is 390 g/mol. The van der Waals surface area contributed by atoms with Gasteiger partial charge >= 0.3 is 6.18 Å². The molecule has 0 spiro atoms. The Labute approximate surface area is 159 Å². The first-order valence-electron chi connectivity index (χ1n) is 8.19. The van der Waals surface area contributed by atoms with Gasteiger partial charge in [0, 0.05) is 11.8 Å². The zero-order valence-electron chi connectivity index (χ0n) is 14.7. The second-order valence-electron chi connectivity index (χ2n) is 6.02. The summed E-state index contributed by atoms with van der Waals surface area (Å²) in [7, 11) is 0. The lowest BCUT2D eigenvalue weighted by molar-refractivity contribution is -0.141. The Kier molecular flexibility index (Phi) is 5.70. The quantitative estimate of drug-likeness (QED) is 0.384. The second-order valence-corrected chi connectivity index (χ2v) is 6.96. The number of alkyl halides is 3. The lowest BCUT2D eigenvalue weighted by Gasteiger charge is -2.12. The van der Waals surface area contributed by atoms with Crippen LogP contribution in [0, 0.1) is 13.8 Å². The molecule has 2 aromatic carbocycles. The van der Waals surface area contributed by atoms with Crippen molar-refractivity contribution in [3.63, 3.8) is 0 Å². The molecule has 0 bridgehead atoms. The van der Waals surface area contributed by atoms with Crippen LogP contribution in [-0.2, 0) is 11.9 Å². The Morgan fingerprint density at radius 3 is 2.44 bits per heavy atom. The van der Waals surface area contributed by atoms with Gasteiger partial charge in [-0.15, -0.1) is 0 Å². The molecule has 0 radical (unpaired) electrons. The van der Waals surface area contributed by atoms with Gasteiger partial charge in [-0.25, -0.2) is 4.98 Å². The van der Waals surface area contributed by atoms with Crippen molar-refractivity contribution in [2.45, 2.75) is 30.9 Å². The van der Waals surface area contributed by atoms with Gasteiger partial charge in [0.1, 0.15) is 5.75 Å². The first kappa shape index (κ1) is 19.2. The molecule has 0 unspecified atom stereocenters. The molecule has 27 heavy (non-hydrogen) atoms. The number of benzene rings is 2. The van der Waals surface area contributed by atoms with Crippen LogP contribution >= 0.6 is 11.8 Å². The Morgan fingerprint density at radius 2 is 1.74 bits per heavy atom. The van der Waals surface area contributed by atoms with Crippen LogP contribution in [0.3, 0.4) is 0 Å². The van der Waals surface area contributed by atoms with E-state index in [2.05, 4.69) is 9.97 Å². The monoisotopic (exact) mass is 390 g/mol. The number of halogens is 3. The van der Waals surface area contributed by atoms with E-state index in [1.165, 1.54) is 0 Å². The van der Waals surface area contributed by atoms with Crippen molar-refractivity contribution in [1.82, 2.24) is 9.97 Å². The minimum Gasteiger partial charge on any atom is -0.439 e. The van der Waals surface area contributed by atoms with Gasteiger partial charge < -0.3 is 4.74 Å². The minimum atomic E-state index is -4.58. The number of ether oxygens (including phenoxy) is 1. The van der Waals surface area contributed by atoms with Crippen LogP contribution in [0.2, 0.25) is 0 Å². The molecule has 0 saturated heterocycles. The summed E-state index contributed by atoms with van der Waals surface area (Å²) in [5, 5.41) is 0.0231. The molecule has 3 nitrogen and oxygen atoms in total. The van der Waals surface area contributed by atoms with Gasteiger partial charge in [0.25, 0.3) is 0 Å². The summed E-state index contributed by atoms with van der Waals surface area (Å²) in [6.07, 6.45) is -4.58. The molecule has 7 heteroatoms. The van der Waals surface area contributed by atoms with Gasteiger partial charge in [-0.3, -0.25) is 0 Å². The maximum atomic E-state index is 13.2. The molecular weight excluding hydrogens is 373 g/mol. The maximum Gasteiger partial charge on any atom is 0.433 e. The van der Waals surface area contributed by atoms with Crippen molar-refractivity contribution in [2.75, 3.05) is 0 Å². The number of para-hydroxylation sites is 1. The molecule has 1 heterocycles. The van der Waals surface area contributed by atoms with Crippen molar-refractivity contribution in [1.29, 1.82) is 0 Å². The van der Waals surface area contributed by atoms with Crippen LogP contribution in [0.25, 0.3) is 0 Å². The Bertz CT molecular complexity index is 945. The summed E-state index contributed by atoms with van der Waals surface area (Å²) in [4.78, 5) is 7.80. The molecule has 0 amide bonds. The number of hydrogen-bond donors (Lipinski definition) is 0. The summed E-state index contributed by atoms with van der Waals surface area (Å²) in [5.41, 5.74) is 1.86.